The van der Waals surface area contributed by atoms with Crippen molar-refractivity contribution in [2.75, 3.05) is 45.0 Å². The Kier molecular flexibility index (Phi) is 7.62. The predicted octanol–water partition coefficient (Wildman–Crippen LogP) is 5.67. The maximum absolute atomic E-state index is 6.51. The maximum atomic E-state index is 6.51. The number of nitrogens with zero attached hydrogens (tertiary/aromatic N) is 6. The third-order valence-corrected chi connectivity index (χ3v) is 12.9. The number of likely N-dealkylation sites (tertiary alicyclic amines) is 2. The van der Waals surface area contributed by atoms with Crippen LogP contribution in [0.1, 0.15) is 76.4 Å². The van der Waals surface area contributed by atoms with Crippen molar-refractivity contribution < 1.29 is 4.74 Å². The van der Waals surface area contributed by atoms with Gasteiger partial charge in [-0.15, -0.1) is 0 Å². The van der Waals surface area contributed by atoms with Crippen LogP contribution < -0.4 is 15.8 Å². The summed E-state index contributed by atoms with van der Waals surface area (Å²) >= 11 is 0. The molecule has 3 aliphatic carbocycles. The predicted molar refractivity (Wildman–Crippen MR) is 186 cm³/mol. The lowest BCUT2D eigenvalue weighted by Crippen LogP contribution is -2.54. The summed E-state index contributed by atoms with van der Waals surface area (Å²) in [6.07, 6.45) is 17.4. The molecule has 9 nitrogen and oxygen atoms in total. The number of fused-ring (bicyclic) bond motifs is 2. The number of anilines is 1. The van der Waals surface area contributed by atoms with E-state index in [0.29, 0.717) is 17.3 Å². The molecule has 3 saturated heterocycles. The van der Waals surface area contributed by atoms with Gasteiger partial charge >= 0.3 is 0 Å². The van der Waals surface area contributed by atoms with Crippen LogP contribution in [0.5, 0.6) is 5.75 Å². The molecule has 5 heterocycles. The molecule has 6 aliphatic rings. The molecule has 2 saturated carbocycles. The summed E-state index contributed by atoms with van der Waals surface area (Å²) in [5.41, 5.74) is 10.2. The number of nitrogens with one attached hydrogen (secondary N) is 1. The summed E-state index contributed by atoms with van der Waals surface area (Å²) in [6, 6.07) is 11.9. The van der Waals surface area contributed by atoms with Gasteiger partial charge in [0, 0.05) is 44.2 Å². The average Bonchev–Trinajstić information content (AvgIpc) is 3.78. The summed E-state index contributed by atoms with van der Waals surface area (Å²) < 4.78 is 8.40. The van der Waals surface area contributed by atoms with E-state index in [2.05, 4.69) is 43.9 Å². The minimum Gasteiger partial charge on any atom is -0.461 e. The first-order valence-corrected chi connectivity index (χ1v) is 18.3. The van der Waals surface area contributed by atoms with E-state index in [-0.39, 0.29) is 5.92 Å². The molecule has 5 fully saturated rings. The number of aromatic nitrogens is 4. The van der Waals surface area contributed by atoms with E-state index in [0.717, 1.165) is 84.5 Å². The zero-order chi connectivity index (χ0) is 31.5. The van der Waals surface area contributed by atoms with Crippen molar-refractivity contribution in [3.05, 3.63) is 60.3 Å². The van der Waals surface area contributed by atoms with Gasteiger partial charge in [-0.2, -0.15) is 5.10 Å². The number of hydrogen-bond donors (Lipinski definition) is 2. The molecule has 1 spiro atoms. The lowest BCUT2D eigenvalue weighted by Gasteiger charge is -2.53. The molecule has 2 unspecified atom stereocenters. The van der Waals surface area contributed by atoms with Crippen LogP contribution in [0.25, 0.3) is 16.6 Å². The molecule has 0 radical (unpaired) electrons. The fourth-order valence-corrected chi connectivity index (χ4v) is 10.2. The van der Waals surface area contributed by atoms with Crippen molar-refractivity contribution in [1.29, 1.82) is 0 Å². The van der Waals surface area contributed by atoms with Crippen LogP contribution in [0.2, 0.25) is 0 Å². The van der Waals surface area contributed by atoms with Crippen molar-refractivity contribution in [3.8, 4) is 5.75 Å². The Morgan fingerprint density at radius 2 is 1.64 bits per heavy atom. The third kappa shape index (κ3) is 5.48. The van der Waals surface area contributed by atoms with E-state index in [1.807, 2.05) is 30.3 Å². The highest BCUT2D eigenvalue weighted by Gasteiger charge is 2.51. The first-order valence-electron chi connectivity index (χ1n) is 18.3. The fraction of sp³-hybridized carbons (Fsp3) is 0.605. The molecule has 248 valence electrons. The van der Waals surface area contributed by atoms with Crippen molar-refractivity contribution in [2.45, 2.75) is 82.8 Å². The molecule has 3 N–H and O–H groups in total. The quantitative estimate of drug-likeness (QED) is 0.358. The van der Waals surface area contributed by atoms with Crippen molar-refractivity contribution in [1.82, 2.24) is 34.9 Å². The standard InChI is InChI=1S/C38H50N8O/c1-25-17-26(7-8-33(25)47-32-5-3-2-4-6-32)35-34-36(39)41-24-42-37(34)46(43-35)29-9-15-44(16-10-29)30-18-27-22-45(23-28(27)19-30)31-20-38(21-31)11-13-40-14-12-38/h2-8,24-25,27-31,40H,9-23H2,1H3,(H2,39,41,42)/t25?,27-,28+,30?. The molecule has 9 heteroatoms. The number of hydrogen-bond acceptors (Lipinski definition) is 8. The van der Waals surface area contributed by atoms with Gasteiger partial charge in [0.05, 0.1) is 11.4 Å². The lowest BCUT2D eigenvalue weighted by molar-refractivity contribution is -0.0151. The normalized spacial score (nSPS) is 30.3. The number of nitrogens with two attached hydrogens (primary N) is 1. The van der Waals surface area contributed by atoms with E-state index in [1.54, 1.807) is 6.33 Å². The molecule has 2 aromatic heterocycles. The largest absolute Gasteiger partial charge is 0.461 e. The highest BCUT2D eigenvalue weighted by Crippen LogP contribution is 2.52. The van der Waals surface area contributed by atoms with E-state index < -0.39 is 0 Å². The second-order valence-electron chi connectivity index (χ2n) is 15.7. The number of rotatable bonds is 6. The van der Waals surface area contributed by atoms with E-state index in [4.69, 9.17) is 20.6 Å². The van der Waals surface area contributed by atoms with Gasteiger partial charge in [0.15, 0.2) is 5.65 Å². The lowest BCUT2D eigenvalue weighted by atomic mass is 9.60. The number of ether oxygens (including phenoxy) is 1. The highest BCUT2D eigenvalue weighted by atomic mass is 16.5. The SMILES string of the molecule is CC1CC(c2nn(C3CCN(C4C[C@@H]5CN(C6CC7(CCNCC7)C6)C[C@@H]5C4)CC3)c3ncnc(N)c23)=CC=C1Oc1ccccc1. The minimum absolute atomic E-state index is 0.224. The molecular formula is C38H50N8O. The Morgan fingerprint density at radius 1 is 0.894 bits per heavy atom. The number of para-hydroxylation sites is 1. The van der Waals surface area contributed by atoms with Crippen LogP contribution in [0.3, 0.4) is 0 Å². The van der Waals surface area contributed by atoms with Crippen LogP contribution in [0, 0.1) is 23.2 Å². The van der Waals surface area contributed by atoms with Crippen LogP contribution in [-0.2, 0) is 0 Å². The van der Waals surface area contributed by atoms with E-state index >= 15 is 0 Å². The summed E-state index contributed by atoms with van der Waals surface area (Å²) in [5.74, 6) is 4.37. The summed E-state index contributed by atoms with van der Waals surface area (Å²) in [4.78, 5) is 14.8. The number of benzene rings is 1. The molecule has 0 bridgehead atoms. The Labute approximate surface area is 278 Å². The van der Waals surface area contributed by atoms with Crippen LogP contribution in [0.4, 0.5) is 5.82 Å². The number of allylic oxidation sites excluding steroid dienone is 4. The Bertz CT molecular complexity index is 1650. The first-order chi connectivity index (χ1) is 23.0. The molecule has 3 aromatic rings. The van der Waals surface area contributed by atoms with Gasteiger partial charge < -0.3 is 20.7 Å². The average molecular weight is 635 g/mol. The van der Waals surface area contributed by atoms with Crippen molar-refractivity contribution >= 4 is 22.4 Å². The molecular weight excluding hydrogens is 584 g/mol. The topological polar surface area (TPSA) is 97.4 Å². The summed E-state index contributed by atoms with van der Waals surface area (Å²) in [5, 5.41) is 9.70. The molecule has 3 aliphatic heterocycles. The fourth-order valence-electron chi connectivity index (χ4n) is 10.2. The Morgan fingerprint density at radius 3 is 2.36 bits per heavy atom. The molecule has 4 atom stereocenters. The van der Waals surface area contributed by atoms with Crippen molar-refractivity contribution in [3.63, 3.8) is 0 Å². The van der Waals surface area contributed by atoms with Crippen LogP contribution >= 0.6 is 0 Å². The molecule has 9 rings (SSSR count). The number of piperidine rings is 2. The van der Waals surface area contributed by atoms with E-state index in [1.165, 1.54) is 70.3 Å². The first kappa shape index (κ1) is 29.8. The summed E-state index contributed by atoms with van der Waals surface area (Å²) in [7, 11) is 0. The maximum Gasteiger partial charge on any atom is 0.164 e. The monoisotopic (exact) mass is 634 g/mol. The zero-order valence-corrected chi connectivity index (χ0v) is 27.9. The van der Waals surface area contributed by atoms with Gasteiger partial charge in [-0.3, -0.25) is 4.90 Å². The minimum atomic E-state index is 0.224. The van der Waals surface area contributed by atoms with Crippen molar-refractivity contribution in [2.24, 2.45) is 23.2 Å². The van der Waals surface area contributed by atoms with Gasteiger partial charge in [0.2, 0.25) is 0 Å². The highest BCUT2D eigenvalue weighted by molar-refractivity contribution is 5.96. The smallest absolute Gasteiger partial charge is 0.164 e. The molecule has 1 aromatic carbocycles. The van der Waals surface area contributed by atoms with Gasteiger partial charge in [0.25, 0.3) is 0 Å². The van der Waals surface area contributed by atoms with Crippen LogP contribution in [0.15, 0.2) is 54.6 Å². The van der Waals surface area contributed by atoms with Gasteiger partial charge in [-0.1, -0.05) is 31.2 Å². The van der Waals surface area contributed by atoms with Gasteiger partial charge in [0.1, 0.15) is 29.3 Å². The summed E-state index contributed by atoms with van der Waals surface area (Å²) in [6.45, 7) is 9.65. The second kappa shape index (κ2) is 12.0. The molecule has 47 heavy (non-hydrogen) atoms. The van der Waals surface area contributed by atoms with Crippen LogP contribution in [-0.4, -0.2) is 80.9 Å². The van der Waals surface area contributed by atoms with Gasteiger partial charge in [-0.05, 0) is 112 Å². The number of nitrogen functional groups attached to an aromatic ring is 1. The Balaban J connectivity index is 0.847. The third-order valence-electron chi connectivity index (χ3n) is 12.9. The molecule has 0 amide bonds. The van der Waals surface area contributed by atoms with E-state index in [9.17, 15) is 0 Å². The Hall–Kier alpha value is -3.27. The van der Waals surface area contributed by atoms with Gasteiger partial charge in [-0.25, -0.2) is 14.6 Å². The second-order valence-corrected chi connectivity index (χ2v) is 15.7. The zero-order valence-electron chi connectivity index (χ0n) is 27.9.